The highest BCUT2D eigenvalue weighted by atomic mass is 16.5. The van der Waals surface area contributed by atoms with Crippen molar-refractivity contribution in [2.45, 2.75) is 50.1 Å². The maximum absolute atomic E-state index is 12.5. The molecule has 0 unspecified atom stereocenters. The van der Waals surface area contributed by atoms with Gasteiger partial charge in [-0.25, -0.2) is 0 Å². The monoisotopic (exact) mass is 302 g/mol. The van der Waals surface area contributed by atoms with E-state index in [0.717, 1.165) is 37.0 Å². The average molecular weight is 302 g/mol. The number of hydrogen-bond donors (Lipinski definition) is 2. The summed E-state index contributed by atoms with van der Waals surface area (Å²) in [6.07, 6.45) is 5.10. The van der Waals surface area contributed by atoms with E-state index in [1.807, 2.05) is 24.3 Å². The van der Waals surface area contributed by atoms with Gasteiger partial charge in [-0.2, -0.15) is 0 Å². The number of ether oxygens (including phenoxy) is 1. The molecule has 5 nitrogen and oxygen atoms in total. The third-order valence-corrected chi connectivity index (χ3v) is 4.77. The van der Waals surface area contributed by atoms with Crippen LogP contribution < -0.4 is 15.4 Å². The Balaban J connectivity index is 1.78. The molecule has 1 aliphatic heterocycles. The fraction of sp³-hybridized carbons (Fsp3) is 0.529. The van der Waals surface area contributed by atoms with Gasteiger partial charge < -0.3 is 15.4 Å². The van der Waals surface area contributed by atoms with Crippen LogP contribution in [0, 0.1) is 0 Å². The smallest absolute Gasteiger partial charge is 0.243 e. The van der Waals surface area contributed by atoms with Crippen LogP contribution in [-0.2, 0) is 15.1 Å². The van der Waals surface area contributed by atoms with Crippen LogP contribution in [0.25, 0.3) is 0 Å². The van der Waals surface area contributed by atoms with E-state index < -0.39 is 0 Å². The molecule has 0 bridgehead atoms. The van der Waals surface area contributed by atoms with Crippen LogP contribution in [0.3, 0.4) is 0 Å². The summed E-state index contributed by atoms with van der Waals surface area (Å²) in [5, 5.41) is 5.96. The minimum Gasteiger partial charge on any atom is -0.497 e. The Morgan fingerprint density at radius 1 is 1.27 bits per heavy atom. The van der Waals surface area contributed by atoms with Gasteiger partial charge in [-0.3, -0.25) is 9.59 Å². The van der Waals surface area contributed by atoms with Crippen LogP contribution >= 0.6 is 0 Å². The van der Waals surface area contributed by atoms with E-state index >= 15 is 0 Å². The van der Waals surface area contributed by atoms with Gasteiger partial charge in [-0.05, 0) is 37.0 Å². The zero-order valence-electron chi connectivity index (χ0n) is 12.9. The summed E-state index contributed by atoms with van der Waals surface area (Å²) in [6.45, 7) is 0. The van der Waals surface area contributed by atoms with Crippen molar-refractivity contribution in [3.05, 3.63) is 29.8 Å². The number of nitrogens with one attached hydrogen (secondary N) is 2. The lowest BCUT2D eigenvalue weighted by atomic mass is 9.87. The first kappa shape index (κ1) is 14.9. The predicted octanol–water partition coefficient (Wildman–Crippen LogP) is 1.86. The third kappa shape index (κ3) is 2.80. The van der Waals surface area contributed by atoms with Crippen LogP contribution in [-0.4, -0.2) is 25.0 Å². The van der Waals surface area contributed by atoms with E-state index in [9.17, 15) is 9.59 Å². The van der Waals surface area contributed by atoms with Crippen molar-refractivity contribution in [3.8, 4) is 5.75 Å². The van der Waals surface area contributed by atoms with Gasteiger partial charge in [-0.15, -0.1) is 0 Å². The number of rotatable bonds is 4. The molecule has 5 heteroatoms. The van der Waals surface area contributed by atoms with Crippen LogP contribution in [0.2, 0.25) is 0 Å². The molecule has 1 aliphatic carbocycles. The lowest BCUT2D eigenvalue weighted by Crippen LogP contribution is -2.50. The number of hydrogen-bond acceptors (Lipinski definition) is 3. The molecule has 22 heavy (non-hydrogen) atoms. The summed E-state index contributed by atoms with van der Waals surface area (Å²) in [6, 6.07) is 7.52. The van der Waals surface area contributed by atoms with Crippen LogP contribution in [0.4, 0.5) is 0 Å². The van der Waals surface area contributed by atoms with Gasteiger partial charge >= 0.3 is 0 Å². The normalized spacial score (nSPS) is 23.1. The number of methoxy groups -OCH3 is 1. The zero-order valence-corrected chi connectivity index (χ0v) is 12.9. The first-order chi connectivity index (χ1) is 10.6. The lowest BCUT2D eigenvalue weighted by Gasteiger charge is -2.32. The standard InChI is InChI=1S/C17H22N2O3/c1-22-13-6-4-12(5-7-13)17(10-2-3-11-17)19-16(21)14-8-9-15(20)18-14/h4-7,14H,2-3,8-11H2,1H3,(H,18,20)(H,19,21)/t14-/m1/s1. The second kappa shape index (κ2) is 5.99. The Kier molecular flexibility index (Phi) is 4.05. The summed E-state index contributed by atoms with van der Waals surface area (Å²) in [4.78, 5) is 23.8. The minimum absolute atomic E-state index is 0.0370. The van der Waals surface area contributed by atoms with Gasteiger partial charge in [0, 0.05) is 6.42 Å². The number of benzene rings is 1. The largest absolute Gasteiger partial charge is 0.497 e. The molecule has 1 aromatic rings. The number of carbonyl (C=O) groups excluding carboxylic acids is 2. The molecule has 1 atom stereocenters. The van der Waals surface area contributed by atoms with Gasteiger partial charge in [0.2, 0.25) is 11.8 Å². The molecule has 2 amide bonds. The highest BCUT2D eigenvalue weighted by molar-refractivity contribution is 5.91. The molecule has 2 aliphatic rings. The van der Waals surface area contributed by atoms with Crippen molar-refractivity contribution in [2.24, 2.45) is 0 Å². The van der Waals surface area contributed by atoms with Crippen LogP contribution in [0.5, 0.6) is 5.75 Å². The summed E-state index contributed by atoms with van der Waals surface area (Å²) < 4.78 is 5.20. The molecule has 3 rings (SSSR count). The van der Waals surface area contributed by atoms with Gasteiger partial charge in [0.15, 0.2) is 0 Å². The maximum atomic E-state index is 12.5. The Bertz CT molecular complexity index is 562. The lowest BCUT2D eigenvalue weighted by molar-refractivity contribution is -0.127. The molecule has 1 aromatic carbocycles. The second-order valence-electron chi connectivity index (χ2n) is 6.17. The Morgan fingerprint density at radius 3 is 2.50 bits per heavy atom. The molecule has 0 spiro atoms. The zero-order chi connectivity index (χ0) is 15.6. The van der Waals surface area contributed by atoms with Crippen molar-refractivity contribution in [3.63, 3.8) is 0 Å². The van der Waals surface area contributed by atoms with Gasteiger partial charge in [0.05, 0.1) is 12.6 Å². The van der Waals surface area contributed by atoms with Gasteiger partial charge in [0.25, 0.3) is 0 Å². The van der Waals surface area contributed by atoms with E-state index in [0.29, 0.717) is 12.8 Å². The summed E-state index contributed by atoms with van der Waals surface area (Å²) in [7, 11) is 1.64. The van der Waals surface area contributed by atoms with E-state index in [1.54, 1.807) is 7.11 Å². The Hall–Kier alpha value is -2.04. The molecule has 0 radical (unpaired) electrons. The van der Waals surface area contributed by atoms with E-state index in [-0.39, 0.29) is 23.4 Å². The van der Waals surface area contributed by atoms with Crippen molar-refractivity contribution in [1.29, 1.82) is 0 Å². The van der Waals surface area contributed by atoms with Crippen molar-refractivity contribution in [2.75, 3.05) is 7.11 Å². The van der Waals surface area contributed by atoms with Crippen molar-refractivity contribution < 1.29 is 14.3 Å². The highest BCUT2D eigenvalue weighted by Crippen LogP contribution is 2.39. The molecule has 1 heterocycles. The van der Waals surface area contributed by atoms with Gasteiger partial charge in [-0.1, -0.05) is 25.0 Å². The minimum atomic E-state index is -0.386. The Labute approximate surface area is 130 Å². The molecule has 1 saturated carbocycles. The maximum Gasteiger partial charge on any atom is 0.243 e. The molecule has 2 N–H and O–H groups in total. The third-order valence-electron chi connectivity index (χ3n) is 4.77. The van der Waals surface area contributed by atoms with Crippen LogP contribution in [0.15, 0.2) is 24.3 Å². The number of carbonyl (C=O) groups is 2. The quantitative estimate of drug-likeness (QED) is 0.892. The second-order valence-corrected chi connectivity index (χ2v) is 6.17. The first-order valence-electron chi connectivity index (χ1n) is 7.89. The molecule has 118 valence electrons. The summed E-state index contributed by atoms with van der Waals surface area (Å²) >= 11 is 0. The van der Waals surface area contributed by atoms with Gasteiger partial charge in [0.1, 0.15) is 11.8 Å². The fourth-order valence-electron chi connectivity index (χ4n) is 3.51. The number of amides is 2. The molecular formula is C17H22N2O3. The molecular weight excluding hydrogens is 280 g/mol. The molecule has 1 saturated heterocycles. The summed E-state index contributed by atoms with van der Waals surface area (Å²) in [5.74, 6) is 0.708. The highest BCUT2D eigenvalue weighted by Gasteiger charge is 2.39. The predicted molar refractivity (Wildman–Crippen MR) is 82.4 cm³/mol. The van der Waals surface area contributed by atoms with Crippen molar-refractivity contribution >= 4 is 11.8 Å². The average Bonchev–Trinajstić information content (AvgIpc) is 3.17. The molecule has 2 fully saturated rings. The van der Waals surface area contributed by atoms with E-state index in [2.05, 4.69) is 10.6 Å². The first-order valence-corrected chi connectivity index (χ1v) is 7.89. The topological polar surface area (TPSA) is 67.4 Å². The van der Waals surface area contributed by atoms with E-state index in [1.165, 1.54) is 0 Å². The SMILES string of the molecule is COc1ccc(C2(NC(=O)[C@H]3CCC(=O)N3)CCCC2)cc1. The van der Waals surface area contributed by atoms with Crippen LogP contribution in [0.1, 0.15) is 44.1 Å². The Morgan fingerprint density at radius 2 is 1.95 bits per heavy atom. The fourth-order valence-corrected chi connectivity index (χ4v) is 3.51. The van der Waals surface area contributed by atoms with Crippen molar-refractivity contribution in [1.82, 2.24) is 10.6 Å². The summed E-state index contributed by atoms with van der Waals surface area (Å²) in [5.41, 5.74) is 0.805. The molecule has 0 aromatic heterocycles. The van der Waals surface area contributed by atoms with E-state index in [4.69, 9.17) is 4.74 Å².